The number of hydrogen-bond acceptors (Lipinski definition) is 1. The molecule has 0 fully saturated rings. The smallest absolute Gasteiger partial charge is 0.137 e. The highest BCUT2D eigenvalue weighted by Gasteiger charge is 2.02. The molecule has 0 aliphatic carbocycles. The molecule has 0 aliphatic heterocycles. The predicted octanol–water partition coefficient (Wildman–Crippen LogP) is 2.60. The number of fused-ring (bicyclic) bond motifs is 1. The third-order valence-electron chi connectivity index (χ3n) is 2.12. The van der Waals surface area contributed by atoms with Crippen molar-refractivity contribution in [2.75, 3.05) is 0 Å². The van der Waals surface area contributed by atoms with E-state index in [-0.39, 0.29) is 0 Å². The first-order valence-corrected chi connectivity index (χ1v) is 4.35. The zero-order chi connectivity index (χ0) is 9.26. The summed E-state index contributed by atoms with van der Waals surface area (Å²) in [6, 6.07) is 2.15. The van der Waals surface area contributed by atoms with Crippen LogP contribution in [0, 0.1) is 6.92 Å². The van der Waals surface area contributed by atoms with Gasteiger partial charge in [-0.25, -0.2) is 4.98 Å². The van der Waals surface area contributed by atoms with Gasteiger partial charge < -0.3 is 4.98 Å². The van der Waals surface area contributed by atoms with Gasteiger partial charge in [-0.3, -0.25) is 0 Å². The van der Waals surface area contributed by atoms with Gasteiger partial charge in [0.15, 0.2) is 0 Å². The standard InChI is InChI=1S/C11H12N2/c1-3-4-9-7-13-11-10(9)5-8(2)6-12-11/h3,5-7H,1,4H2,2H3,(H,12,13). The summed E-state index contributed by atoms with van der Waals surface area (Å²) in [6.45, 7) is 5.78. The number of nitrogens with one attached hydrogen (secondary N) is 1. The van der Waals surface area contributed by atoms with E-state index in [1.165, 1.54) is 16.5 Å². The minimum Gasteiger partial charge on any atom is -0.346 e. The third kappa shape index (κ3) is 1.35. The lowest BCUT2D eigenvalue weighted by Crippen LogP contribution is -1.80. The van der Waals surface area contributed by atoms with Gasteiger partial charge in [0.1, 0.15) is 5.65 Å². The Hall–Kier alpha value is -1.57. The molecule has 2 heteroatoms. The number of pyridine rings is 1. The summed E-state index contributed by atoms with van der Waals surface area (Å²) in [7, 11) is 0. The first kappa shape index (κ1) is 8.05. The van der Waals surface area contributed by atoms with E-state index in [4.69, 9.17) is 0 Å². The van der Waals surface area contributed by atoms with Crippen LogP contribution < -0.4 is 0 Å². The summed E-state index contributed by atoms with van der Waals surface area (Å²) in [5.41, 5.74) is 3.42. The van der Waals surface area contributed by atoms with Crippen LogP contribution in [0.1, 0.15) is 11.1 Å². The maximum Gasteiger partial charge on any atom is 0.137 e. The molecule has 0 saturated carbocycles. The first-order valence-electron chi connectivity index (χ1n) is 4.35. The van der Waals surface area contributed by atoms with E-state index in [1.54, 1.807) is 0 Å². The van der Waals surface area contributed by atoms with E-state index in [1.807, 2.05) is 18.5 Å². The highest BCUT2D eigenvalue weighted by atomic mass is 14.8. The van der Waals surface area contributed by atoms with Crippen LogP contribution in [0.4, 0.5) is 0 Å². The molecular weight excluding hydrogens is 160 g/mol. The summed E-state index contributed by atoms with van der Waals surface area (Å²) < 4.78 is 0. The van der Waals surface area contributed by atoms with Crippen LogP contribution >= 0.6 is 0 Å². The Labute approximate surface area is 77.3 Å². The molecular formula is C11H12N2. The lowest BCUT2D eigenvalue weighted by molar-refractivity contribution is 1.28. The molecule has 0 amide bonds. The Morgan fingerprint density at radius 2 is 2.46 bits per heavy atom. The van der Waals surface area contributed by atoms with Crippen molar-refractivity contribution in [3.05, 3.63) is 42.2 Å². The third-order valence-corrected chi connectivity index (χ3v) is 2.12. The Balaban J connectivity index is 2.64. The molecule has 2 nitrogen and oxygen atoms in total. The van der Waals surface area contributed by atoms with Crippen molar-refractivity contribution in [1.29, 1.82) is 0 Å². The molecule has 1 N–H and O–H groups in total. The van der Waals surface area contributed by atoms with Crippen LogP contribution in [0.25, 0.3) is 11.0 Å². The average Bonchev–Trinajstić information content (AvgIpc) is 2.49. The second kappa shape index (κ2) is 3.05. The van der Waals surface area contributed by atoms with Crippen LogP contribution in [-0.4, -0.2) is 9.97 Å². The number of rotatable bonds is 2. The lowest BCUT2D eigenvalue weighted by Gasteiger charge is -1.94. The highest BCUT2D eigenvalue weighted by Crippen LogP contribution is 2.17. The molecule has 0 bridgehead atoms. The molecule has 66 valence electrons. The number of hydrogen-bond donors (Lipinski definition) is 1. The average molecular weight is 172 g/mol. The summed E-state index contributed by atoms with van der Waals surface area (Å²) in [4.78, 5) is 7.44. The van der Waals surface area contributed by atoms with Gasteiger partial charge >= 0.3 is 0 Å². The summed E-state index contributed by atoms with van der Waals surface area (Å²) in [6.07, 6.45) is 6.67. The van der Waals surface area contributed by atoms with Crippen LogP contribution in [0.15, 0.2) is 31.1 Å². The predicted molar refractivity (Wildman–Crippen MR) is 54.7 cm³/mol. The maximum atomic E-state index is 4.29. The van der Waals surface area contributed by atoms with E-state index < -0.39 is 0 Å². The summed E-state index contributed by atoms with van der Waals surface area (Å²) in [5.74, 6) is 0. The zero-order valence-corrected chi connectivity index (χ0v) is 7.67. The van der Waals surface area contributed by atoms with Crippen LogP contribution in [0.3, 0.4) is 0 Å². The highest BCUT2D eigenvalue weighted by molar-refractivity contribution is 5.80. The second-order valence-corrected chi connectivity index (χ2v) is 3.22. The minimum absolute atomic E-state index is 0.894. The van der Waals surface area contributed by atoms with Crippen LogP contribution in [0.5, 0.6) is 0 Å². The van der Waals surface area contributed by atoms with Gasteiger partial charge in [-0.05, 0) is 30.5 Å². The largest absolute Gasteiger partial charge is 0.346 e. The van der Waals surface area contributed by atoms with Crippen LogP contribution in [-0.2, 0) is 6.42 Å². The summed E-state index contributed by atoms with van der Waals surface area (Å²) >= 11 is 0. The van der Waals surface area contributed by atoms with Crippen molar-refractivity contribution in [1.82, 2.24) is 9.97 Å². The first-order chi connectivity index (χ1) is 6.31. The molecule has 0 atom stereocenters. The summed E-state index contributed by atoms with van der Waals surface area (Å²) in [5, 5.41) is 1.21. The number of aromatic amines is 1. The fraction of sp³-hybridized carbons (Fsp3) is 0.182. The van der Waals surface area contributed by atoms with Gasteiger partial charge in [0.2, 0.25) is 0 Å². The van der Waals surface area contributed by atoms with Crippen molar-refractivity contribution in [3.8, 4) is 0 Å². The van der Waals surface area contributed by atoms with Crippen molar-refractivity contribution in [2.45, 2.75) is 13.3 Å². The second-order valence-electron chi connectivity index (χ2n) is 3.22. The van der Waals surface area contributed by atoms with Crippen molar-refractivity contribution < 1.29 is 0 Å². The molecule has 0 aromatic carbocycles. The van der Waals surface area contributed by atoms with Crippen molar-refractivity contribution in [2.24, 2.45) is 0 Å². The van der Waals surface area contributed by atoms with Gasteiger partial charge in [0.25, 0.3) is 0 Å². The molecule has 0 saturated heterocycles. The monoisotopic (exact) mass is 172 g/mol. The van der Waals surface area contributed by atoms with Gasteiger partial charge in [-0.2, -0.15) is 0 Å². The fourth-order valence-corrected chi connectivity index (χ4v) is 1.49. The SMILES string of the molecule is C=CCc1c[nH]c2ncc(C)cc12. The molecule has 2 aromatic heterocycles. The van der Waals surface area contributed by atoms with Gasteiger partial charge in [-0.1, -0.05) is 6.08 Å². The number of allylic oxidation sites excluding steroid dienone is 1. The molecule has 0 unspecified atom stereocenters. The fourth-order valence-electron chi connectivity index (χ4n) is 1.49. The Morgan fingerprint density at radius 3 is 3.23 bits per heavy atom. The normalized spacial score (nSPS) is 10.5. The van der Waals surface area contributed by atoms with E-state index >= 15 is 0 Å². The molecule has 2 aromatic rings. The van der Waals surface area contributed by atoms with Crippen LogP contribution in [0.2, 0.25) is 0 Å². The van der Waals surface area contributed by atoms with Gasteiger partial charge in [0.05, 0.1) is 0 Å². The Kier molecular flexibility index (Phi) is 1.89. The quantitative estimate of drug-likeness (QED) is 0.693. The molecule has 0 aliphatic rings. The molecule has 2 rings (SSSR count). The van der Waals surface area contributed by atoms with E-state index in [9.17, 15) is 0 Å². The van der Waals surface area contributed by atoms with Gasteiger partial charge in [0, 0.05) is 17.8 Å². The van der Waals surface area contributed by atoms with E-state index in [2.05, 4.69) is 29.5 Å². The van der Waals surface area contributed by atoms with Gasteiger partial charge in [-0.15, -0.1) is 6.58 Å². The Morgan fingerprint density at radius 1 is 1.62 bits per heavy atom. The number of aromatic nitrogens is 2. The molecule has 13 heavy (non-hydrogen) atoms. The number of H-pyrrole nitrogens is 1. The maximum absolute atomic E-state index is 4.29. The Bertz CT molecular complexity index is 440. The lowest BCUT2D eigenvalue weighted by atomic mass is 10.1. The van der Waals surface area contributed by atoms with E-state index in [0.29, 0.717) is 0 Å². The van der Waals surface area contributed by atoms with Crippen molar-refractivity contribution >= 4 is 11.0 Å². The number of aryl methyl sites for hydroxylation is 1. The topological polar surface area (TPSA) is 28.7 Å². The molecule has 0 spiro atoms. The van der Waals surface area contributed by atoms with Crippen molar-refractivity contribution in [3.63, 3.8) is 0 Å². The molecule has 0 radical (unpaired) electrons. The van der Waals surface area contributed by atoms with E-state index in [0.717, 1.165) is 12.1 Å². The minimum atomic E-state index is 0.894. The zero-order valence-electron chi connectivity index (χ0n) is 7.67. The number of nitrogens with zero attached hydrogens (tertiary/aromatic N) is 1. The molecule has 2 heterocycles.